The van der Waals surface area contributed by atoms with Crippen LogP contribution in [0.5, 0.6) is 0 Å². The van der Waals surface area contributed by atoms with Gasteiger partial charge in [0.05, 0.1) is 0 Å². The molecule has 18 heavy (non-hydrogen) atoms. The number of nitrogens with zero attached hydrogens (tertiary/aromatic N) is 2. The molecule has 1 heterocycles. The maximum Gasteiger partial charge on any atom is 0.129 e. The van der Waals surface area contributed by atoms with Crippen LogP contribution in [0.25, 0.3) is 0 Å². The highest BCUT2D eigenvalue weighted by molar-refractivity contribution is 9.08. The average Bonchev–Trinajstić information content (AvgIpc) is 2.88. The molecule has 1 saturated heterocycles. The molecule has 0 bridgehead atoms. The molecule has 0 amide bonds. The Hall–Kier alpha value is -0.610. The minimum atomic E-state index is -0.127. The minimum absolute atomic E-state index is 0.127. The molecule has 0 unspecified atom stereocenters. The van der Waals surface area contributed by atoms with Crippen molar-refractivity contribution in [3.63, 3.8) is 0 Å². The van der Waals surface area contributed by atoms with Gasteiger partial charge in [-0.05, 0) is 38.1 Å². The number of anilines is 1. The van der Waals surface area contributed by atoms with Crippen LogP contribution in [0, 0.1) is 5.82 Å². The summed E-state index contributed by atoms with van der Waals surface area (Å²) < 4.78 is 13.7. The van der Waals surface area contributed by atoms with Crippen molar-refractivity contribution in [3.05, 3.63) is 29.6 Å². The summed E-state index contributed by atoms with van der Waals surface area (Å²) in [7, 11) is 2.04. The number of benzene rings is 1. The zero-order valence-corrected chi connectivity index (χ0v) is 12.4. The van der Waals surface area contributed by atoms with E-state index in [1.807, 2.05) is 13.1 Å². The Morgan fingerprint density at radius 2 is 2.06 bits per heavy atom. The highest BCUT2D eigenvalue weighted by atomic mass is 79.9. The molecule has 0 spiro atoms. The van der Waals surface area contributed by atoms with Crippen molar-refractivity contribution in [1.82, 2.24) is 4.90 Å². The van der Waals surface area contributed by atoms with Crippen LogP contribution in [0.3, 0.4) is 0 Å². The maximum atomic E-state index is 13.7. The van der Waals surface area contributed by atoms with Crippen molar-refractivity contribution in [1.29, 1.82) is 0 Å². The molecule has 0 radical (unpaired) electrons. The number of likely N-dealkylation sites (tertiary alicyclic amines) is 1. The van der Waals surface area contributed by atoms with Crippen molar-refractivity contribution in [2.75, 3.05) is 38.1 Å². The van der Waals surface area contributed by atoms with Gasteiger partial charge >= 0.3 is 0 Å². The third-order valence-corrected chi connectivity index (χ3v) is 4.15. The number of likely N-dealkylation sites (N-methyl/N-ethyl adjacent to an activating group) is 1. The van der Waals surface area contributed by atoms with Crippen LogP contribution < -0.4 is 4.90 Å². The van der Waals surface area contributed by atoms with Gasteiger partial charge in [0, 0.05) is 36.7 Å². The standard InChI is InChI=1S/C14H20BrFN2/c1-17(9-10-18-7-2-3-8-18)14-6-4-5-13(16)12(14)11-15/h4-6H,2-3,7-11H2,1H3. The van der Waals surface area contributed by atoms with E-state index in [1.165, 1.54) is 32.0 Å². The van der Waals surface area contributed by atoms with Crippen LogP contribution in [0.2, 0.25) is 0 Å². The Labute approximate surface area is 117 Å². The Kier molecular flexibility index (Phi) is 5.01. The van der Waals surface area contributed by atoms with Crippen molar-refractivity contribution >= 4 is 21.6 Å². The first-order chi connectivity index (χ1) is 8.72. The Morgan fingerprint density at radius 3 is 2.72 bits per heavy atom. The van der Waals surface area contributed by atoms with Crippen molar-refractivity contribution in [2.45, 2.75) is 18.2 Å². The van der Waals surface area contributed by atoms with E-state index in [-0.39, 0.29) is 5.82 Å². The van der Waals surface area contributed by atoms with E-state index < -0.39 is 0 Å². The van der Waals surface area contributed by atoms with E-state index in [0.717, 1.165) is 24.3 Å². The largest absolute Gasteiger partial charge is 0.373 e. The Morgan fingerprint density at radius 1 is 1.33 bits per heavy atom. The second-order valence-electron chi connectivity index (χ2n) is 4.84. The smallest absolute Gasteiger partial charge is 0.129 e. The lowest BCUT2D eigenvalue weighted by Crippen LogP contribution is -2.31. The van der Waals surface area contributed by atoms with Crippen LogP contribution >= 0.6 is 15.9 Å². The first kappa shape index (κ1) is 13.8. The predicted octanol–water partition coefficient (Wildman–Crippen LogP) is 3.25. The number of halogens is 2. The predicted molar refractivity (Wildman–Crippen MR) is 78.0 cm³/mol. The fourth-order valence-electron chi connectivity index (χ4n) is 2.46. The zero-order valence-electron chi connectivity index (χ0n) is 10.8. The molecule has 100 valence electrons. The van der Waals surface area contributed by atoms with Crippen molar-refractivity contribution < 1.29 is 4.39 Å². The molecule has 1 aromatic carbocycles. The van der Waals surface area contributed by atoms with Gasteiger partial charge < -0.3 is 9.80 Å². The molecule has 0 aromatic heterocycles. The fraction of sp³-hybridized carbons (Fsp3) is 0.571. The van der Waals surface area contributed by atoms with E-state index in [1.54, 1.807) is 6.07 Å². The third kappa shape index (κ3) is 3.23. The summed E-state index contributed by atoms with van der Waals surface area (Å²) >= 11 is 3.37. The Balaban J connectivity index is 1.99. The third-order valence-electron chi connectivity index (χ3n) is 3.59. The summed E-state index contributed by atoms with van der Waals surface area (Å²) in [6.07, 6.45) is 2.63. The number of hydrogen-bond acceptors (Lipinski definition) is 2. The molecule has 4 heteroatoms. The zero-order chi connectivity index (χ0) is 13.0. The van der Waals surface area contributed by atoms with Gasteiger partial charge in [0.2, 0.25) is 0 Å². The first-order valence-corrected chi connectivity index (χ1v) is 7.61. The minimum Gasteiger partial charge on any atom is -0.373 e. The van der Waals surface area contributed by atoms with Crippen LogP contribution in [0.1, 0.15) is 18.4 Å². The van der Waals surface area contributed by atoms with E-state index in [9.17, 15) is 4.39 Å². The molecule has 0 saturated carbocycles. The van der Waals surface area contributed by atoms with Gasteiger partial charge in [0.15, 0.2) is 0 Å². The topological polar surface area (TPSA) is 6.48 Å². The summed E-state index contributed by atoms with van der Waals surface area (Å²) in [5, 5.41) is 0.559. The fourth-order valence-corrected chi connectivity index (χ4v) is 3.01. The van der Waals surface area contributed by atoms with E-state index in [2.05, 4.69) is 25.7 Å². The second-order valence-corrected chi connectivity index (χ2v) is 5.40. The summed E-state index contributed by atoms with van der Waals surface area (Å²) in [5.74, 6) is -0.127. The number of alkyl halides is 1. The normalized spacial score (nSPS) is 16.2. The van der Waals surface area contributed by atoms with Gasteiger partial charge in [-0.3, -0.25) is 0 Å². The average molecular weight is 315 g/mol. The van der Waals surface area contributed by atoms with Crippen molar-refractivity contribution in [2.24, 2.45) is 0 Å². The van der Waals surface area contributed by atoms with Crippen LogP contribution in [-0.4, -0.2) is 38.1 Å². The molecule has 2 rings (SSSR count). The lowest BCUT2D eigenvalue weighted by atomic mass is 10.1. The lowest BCUT2D eigenvalue weighted by molar-refractivity contribution is 0.346. The molecule has 1 aromatic rings. The second kappa shape index (κ2) is 6.53. The number of hydrogen-bond donors (Lipinski definition) is 0. The van der Waals surface area contributed by atoms with Gasteiger partial charge in [-0.2, -0.15) is 0 Å². The molecule has 0 N–H and O–H groups in total. The van der Waals surface area contributed by atoms with Gasteiger partial charge in [0.1, 0.15) is 5.82 Å². The van der Waals surface area contributed by atoms with Gasteiger partial charge in [-0.25, -0.2) is 4.39 Å². The van der Waals surface area contributed by atoms with Crippen LogP contribution in [0.15, 0.2) is 18.2 Å². The summed E-state index contributed by atoms with van der Waals surface area (Å²) in [6.45, 7) is 4.43. The molecule has 0 aliphatic carbocycles. The van der Waals surface area contributed by atoms with Gasteiger partial charge in [-0.1, -0.05) is 22.0 Å². The van der Waals surface area contributed by atoms with Gasteiger partial charge in [-0.15, -0.1) is 0 Å². The summed E-state index contributed by atoms with van der Waals surface area (Å²) in [4.78, 5) is 4.63. The molecular formula is C14H20BrFN2. The van der Waals surface area contributed by atoms with Crippen LogP contribution in [0.4, 0.5) is 10.1 Å². The maximum absolute atomic E-state index is 13.7. The SMILES string of the molecule is CN(CCN1CCCC1)c1cccc(F)c1CBr. The molecule has 0 atom stereocenters. The van der Waals surface area contributed by atoms with Crippen molar-refractivity contribution in [3.8, 4) is 0 Å². The Bertz CT molecular complexity index is 391. The highest BCUT2D eigenvalue weighted by Crippen LogP contribution is 2.24. The lowest BCUT2D eigenvalue weighted by Gasteiger charge is -2.25. The highest BCUT2D eigenvalue weighted by Gasteiger charge is 2.14. The van der Waals surface area contributed by atoms with E-state index in [4.69, 9.17) is 0 Å². The van der Waals surface area contributed by atoms with E-state index in [0.29, 0.717) is 5.33 Å². The summed E-state index contributed by atoms with van der Waals surface area (Å²) in [6, 6.07) is 5.29. The number of rotatable bonds is 5. The molecule has 1 aliphatic rings. The van der Waals surface area contributed by atoms with Gasteiger partial charge in [0.25, 0.3) is 0 Å². The molecule has 1 fully saturated rings. The van der Waals surface area contributed by atoms with Crippen LogP contribution in [-0.2, 0) is 5.33 Å². The summed E-state index contributed by atoms with van der Waals surface area (Å²) in [5.41, 5.74) is 1.74. The van der Waals surface area contributed by atoms with E-state index >= 15 is 0 Å². The molecule has 2 nitrogen and oxygen atoms in total. The monoisotopic (exact) mass is 314 g/mol. The quantitative estimate of drug-likeness (QED) is 0.770. The molecular weight excluding hydrogens is 295 g/mol. The first-order valence-electron chi connectivity index (χ1n) is 6.49. The molecule has 1 aliphatic heterocycles.